The van der Waals surface area contributed by atoms with Crippen LogP contribution in [0, 0.1) is 5.82 Å². The molecule has 2 aromatic rings. The quantitative estimate of drug-likeness (QED) is 0.902. The highest BCUT2D eigenvalue weighted by Crippen LogP contribution is 2.30. The maximum absolute atomic E-state index is 13.1. The standard InChI is InChI=1S/C16H18ClFN2/c1-2-20(13-9-7-12(18)8-10-13)16(11-19)14-5-3-4-6-15(14)17/h3-10,16H,2,11,19H2,1H3. The number of hydrogen-bond acceptors (Lipinski definition) is 2. The lowest BCUT2D eigenvalue weighted by Crippen LogP contribution is -2.33. The molecule has 1 unspecified atom stereocenters. The largest absolute Gasteiger partial charge is 0.363 e. The lowest BCUT2D eigenvalue weighted by molar-refractivity contribution is 0.622. The molecule has 1 atom stereocenters. The summed E-state index contributed by atoms with van der Waals surface area (Å²) in [6.07, 6.45) is 0. The smallest absolute Gasteiger partial charge is 0.123 e. The first-order chi connectivity index (χ1) is 9.67. The molecule has 0 aromatic heterocycles. The van der Waals surface area contributed by atoms with Gasteiger partial charge in [0.1, 0.15) is 5.82 Å². The Balaban J connectivity index is 2.38. The highest BCUT2D eigenvalue weighted by atomic mass is 35.5. The van der Waals surface area contributed by atoms with Crippen LogP contribution in [0.4, 0.5) is 10.1 Å². The van der Waals surface area contributed by atoms with Crippen molar-refractivity contribution in [3.63, 3.8) is 0 Å². The summed E-state index contributed by atoms with van der Waals surface area (Å²) < 4.78 is 13.1. The van der Waals surface area contributed by atoms with Crippen molar-refractivity contribution in [1.82, 2.24) is 0 Å². The molecule has 106 valence electrons. The van der Waals surface area contributed by atoms with Crippen molar-refractivity contribution >= 4 is 17.3 Å². The van der Waals surface area contributed by atoms with E-state index in [-0.39, 0.29) is 11.9 Å². The number of hydrogen-bond donors (Lipinski definition) is 1. The van der Waals surface area contributed by atoms with Crippen LogP contribution in [0.3, 0.4) is 0 Å². The van der Waals surface area contributed by atoms with Crippen LogP contribution in [0.1, 0.15) is 18.5 Å². The van der Waals surface area contributed by atoms with Crippen LogP contribution in [-0.4, -0.2) is 13.1 Å². The molecule has 0 saturated heterocycles. The second-order valence-corrected chi connectivity index (χ2v) is 4.94. The third-order valence-electron chi connectivity index (χ3n) is 3.36. The van der Waals surface area contributed by atoms with Crippen LogP contribution in [0.25, 0.3) is 0 Å². The number of likely N-dealkylation sites (N-methyl/N-ethyl adjacent to an activating group) is 1. The fourth-order valence-electron chi connectivity index (χ4n) is 2.38. The molecule has 2 N–H and O–H groups in total. The monoisotopic (exact) mass is 292 g/mol. The fraction of sp³-hybridized carbons (Fsp3) is 0.250. The van der Waals surface area contributed by atoms with Gasteiger partial charge in [0, 0.05) is 23.8 Å². The van der Waals surface area contributed by atoms with Gasteiger partial charge in [-0.15, -0.1) is 0 Å². The van der Waals surface area contributed by atoms with Gasteiger partial charge in [-0.2, -0.15) is 0 Å². The molecule has 4 heteroatoms. The lowest BCUT2D eigenvalue weighted by atomic mass is 10.0. The number of benzene rings is 2. The van der Waals surface area contributed by atoms with E-state index in [1.807, 2.05) is 31.2 Å². The first kappa shape index (κ1) is 14.8. The summed E-state index contributed by atoms with van der Waals surface area (Å²) in [4.78, 5) is 2.13. The SMILES string of the molecule is CCN(c1ccc(F)cc1)C(CN)c1ccccc1Cl. The van der Waals surface area contributed by atoms with Gasteiger partial charge in [0.05, 0.1) is 6.04 Å². The highest BCUT2D eigenvalue weighted by Gasteiger charge is 2.20. The molecule has 2 rings (SSSR count). The molecule has 0 aliphatic heterocycles. The van der Waals surface area contributed by atoms with Gasteiger partial charge in [-0.25, -0.2) is 4.39 Å². The molecule has 0 spiro atoms. The molecule has 0 aliphatic carbocycles. The Labute approximate surface area is 124 Å². The van der Waals surface area contributed by atoms with Gasteiger partial charge in [0.25, 0.3) is 0 Å². The van der Waals surface area contributed by atoms with Crippen molar-refractivity contribution in [1.29, 1.82) is 0 Å². The van der Waals surface area contributed by atoms with Crippen molar-refractivity contribution < 1.29 is 4.39 Å². The summed E-state index contributed by atoms with van der Waals surface area (Å²) in [7, 11) is 0. The van der Waals surface area contributed by atoms with Gasteiger partial charge in [-0.1, -0.05) is 29.8 Å². The van der Waals surface area contributed by atoms with Crippen molar-refractivity contribution in [2.24, 2.45) is 5.73 Å². The van der Waals surface area contributed by atoms with Gasteiger partial charge in [0.15, 0.2) is 0 Å². The van der Waals surface area contributed by atoms with Crippen LogP contribution in [0.2, 0.25) is 5.02 Å². The minimum absolute atomic E-state index is 0.0286. The van der Waals surface area contributed by atoms with Crippen molar-refractivity contribution in [2.45, 2.75) is 13.0 Å². The Kier molecular flexibility index (Phi) is 4.99. The van der Waals surface area contributed by atoms with E-state index in [4.69, 9.17) is 17.3 Å². The summed E-state index contributed by atoms with van der Waals surface area (Å²) in [6, 6.07) is 14.1. The molecule has 0 aliphatic rings. The van der Waals surface area contributed by atoms with E-state index in [1.54, 1.807) is 12.1 Å². The van der Waals surface area contributed by atoms with Crippen molar-refractivity contribution in [3.05, 3.63) is 64.9 Å². The number of rotatable bonds is 5. The number of halogens is 2. The lowest BCUT2D eigenvalue weighted by Gasteiger charge is -2.33. The molecule has 0 bridgehead atoms. The van der Waals surface area contributed by atoms with Crippen molar-refractivity contribution in [3.8, 4) is 0 Å². The zero-order valence-electron chi connectivity index (χ0n) is 11.4. The van der Waals surface area contributed by atoms with E-state index in [1.165, 1.54) is 12.1 Å². The molecular weight excluding hydrogens is 275 g/mol. The summed E-state index contributed by atoms with van der Waals surface area (Å²) in [5, 5.41) is 0.698. The summed E-state index contributed by atoms with van der Waals surface area (Å²) >= 11 is 6.27. The average molecular weight is 293 g/mol. The van der Waals surface area contributed by atoms with E-state index in [2.05, 4.69) is 4.90 Å². The van der Waals surface area contributed by atoms with Gasteiger partial charge >= 0.3 is 0 Å². The van der Waals surface area contributed by atoms with Gasteiger partial charge < -0.3 is 10.6 Å². The molecule has 0 heterocycles. The third kappa shape index (κ3) is 3.11. The van der Waals surface area contributed by atoms with Crippen LogP contribution >= 0.6 is 11.6 Å². The van der Waals surface area contributed by atoms with E-state index in [0.29, 0.717) is 11.6 Å². The minimum Gasteiger partial charge on any atom is -0.363 e. The van der Waals surface area contributed by atoms with Crippen LogP contribution in [-0.2, 0) is 0 Å². The predicted octanol–water partition coefficient (Wildman–Crippen LogP) is 4.01. The normalized spacial score (nSPS) is 12.2. The number of anilines is 1. The first-order valence-corrected chi connectivity index (χ1v) is 7.01. The summed E-state index contributed by atoms with van der Waals surface area (Å²) in [6.45, 7) is 3.25. The maximum Gasteiger partial charge on any atom is 0.123 e. The van der Waals surface area contributed by atoms with Gasteiger partial charge in [-0.3, -0.25) is 0 Å². The molecule has 0 fully saturated rings. The first-order valence-electron chi connectivity index (χ1n) is 6.64. The minimum atomic E-state index is -0.244. The fourth-order valence-corrected chi connectivity index (χ4v) is 2.64. The van der Waals surface area contributed by atoms with Gasteiger partial charge in [-0.05, 0) is 42.8 Å². The zero-order valence-corrected chi connectivity index (χ0v) is 12.1. The average Bonchev–Trinajstić information content (AvgIpc) is 2.47. The molecule has 2 nitrogen and oxygen atoms in total. The van der Waals surface area contributed by atoms with E-state index >= 15 is 0 Å². The molecule has 0 radical (unpaired) electrons. The summed E-state index contributed by atoms with van der Waals surface area (Å²) in [5.41, 5.74) is 7.87. The van der Waals surface area contributed by atoms with Gasteiger partial charge in [0.2, 0.25) is 0 Å². The topological polar surface area (TPSA) is 29.3 Å². The summed E-state index contributed by atoms with van der Waals surface area (Å²) in [5.74, 6) is -0.244. The molecule has 20 heavy (non-hydrogen) atoms. The van der Waals surface area contributed by atoms with Crippen molar-refractivity contribution in [2.75, 3.05) is 18.0 Å². The molecular formula is C16H18ClFN2. The van der Waals surface area contributed by atoms with Crippen LogP contribution in [0.5, 0.6) is 0 Å². The Bertz CT molecular complexity index is 557. The Hall–Kier alpha value is -1.58. The zero-order chi connectivity index (χ0) is 14.5. The Morgan fingerprint density at radius 1 is 1.15 bits per heavy atom. The predicted molar refractivity (Wildman–Crippen MR) is 82.7 cm³/mol. The molecule has 2 aromatic carbocycles. The third-order valence-corrected chi connectivity index (χ3v) is 3.71. The van der Waals surface area contributed by atoms with Crippen LogP contribution < -0.4 is 10.6 Å². The van der Waals surface area contributed by atoms with Crippen LogP contribution in [0.15, 0.2) is 48.5 Å². The Morgan fingerprint density at radius 2 is 1.80 bits per heavy atom. The highest BCUT2D eigenvalue weighted by molar-refractivity contribution is 6.31. The second kappa shape index (κ2) is 6.73. The number of nitrogens with two attached hydrogens (primary N) is 1. The maximum atomic E-state index is 13.1. The van der Waals surface area contributed by atoms with E-state index in [0.717, 1.165) is 17.8 Å². The second-order valence-electron chi connectivity index (χ2n) is 4.54. The molecule has 0 saturated carbocycles. The van der Waals surface area contributed by atoms with E-state index < -0.39 is 0 Å². The number of nitrogens with zero attached hydrogens (tertiary/aromatic N) is 1. The Morgan fingerprint density at radius 3 is 2.35 bits per heavy atom. The molecule has 0 amide bonds. The van der Waals surface area contributed by atoms with E-state index in [9.17, 15) is 4.39 Å².